The van der Waals surface area contributed by atoms with Gasteiger partial charge in [-0.05, 0) is 90.9 Å². The molecule has 0 aliphatic carbocycles. The van der Waals surface area contributed by atoms with Gasteiger partial charge >= 0.3 is 36.2 Å². The molecule has 3 heterocycles. The molecule has 0 saturated heterocycles. The molecule has 7 rings (SSSR count). The number of hydrogen-bond acceptors (Lipinski definition) is 7. The van der Waals surface area contributed by atoms with Crippen molar-refractivity contribution >= 4 is 62.5 Å². The van der Waals surface area contributed by atoms with Crippen molar-refractivity contribution in [3.8, 4) is 22.3 Å². The fourth-order valence-corrected chi connectivity index (χ4v) is 6.62. The molecular weight excluding hydrogens is 858 g/mol. The first-order valence-electron chi connectivity index (χ1n) is 16.8. The van der Waals surface area contributed by atoms with Crippen LogP contribution in [-0.4, -0.2) is 22.6 Å². The van der Waals surface area contributed by atoms with E-state index in [-0.39, 0.29) is 24.0 Å². The summed E-state index contributed by atoms with van der Waals surface area (Å²) in [4.78, 5) is 25.5. The summed E-state index contributed by atoms with van der Waals surface area (Å²) >= 11 is 4.92. The number of anilines is 4. The number of hydrogen-bond donors (Lipinski definition) is 4. The summed E-state index contributed by atoms with van der Waals surface area (Å²) in [6.07, 6.45) is -7.38. The summed E-state index contributed by atoms with van der Waals surface area (Å²) in [6, 6.07) is 19.6. The molecule has 12 nitrogen and oxygen atoms in total. The number of rotatable bonds is 10. The highest BCUT2D eigenvalue weighted by Crippen LogP contribution is 2.41. The lowest BCUT2D eigenvalue weighted by atomic mass is 9.96. The summed E-state index contributed by atoms with van der Waals surface area (Å²) < 4.78 is 99.2. The van der Waals surface area contributed by atoms with E-state index < -0.39 is 52.4 Å². The van der Waals surface area contributed by atoms with Gasteiger partial charge in [0.05, 0.1) is 11.1 Å². The first-order chi connectivity index (χ1) is 27.6. The number of amides is 4. The van der Waals surface area contributed by atoms with Crippen molar-refractivity contribution in [3.63, 3.8) is 0 Å². The summed E-state index contributed by atoms with van der Waals surface area (Å²) in [5, 5.41) is 20.7. The number of thiophene rings is 1. The maximum absolute atomic E-state index is 14.4. The number of halogens is 7. The fraction of sp³-hybridized carbons (Fsp3) is 0.105. The van der Waals surface area contributed by atoms with Crippen LogP contribution >= 0.6 is 27.3 Å². The second kappa shape index (κ2) is 16.5. The molecule has 0 aliphatic heterocycles. The van der Waals surface area contributed by atoms with Gasteiger partial charge < -0.3 is 10.6 Å². The molecule has 0 saturated carbocycles. The highest BCUT2D eigenvalue weighted by molar-refractivity contribution is 9.10. The SMILES string of the molecule is O=C(Nc1cc(-c2ccc(NC(=O)Nc3c[n+](Cc4ccc(Br)cc4)no3)cc2C(F)(F)F)cc(C(F)(F)F)c1)Nc1c[n+](Cc2ccc(-c3ccsc3)cc2)no1. The Morgan fingerprint density at radius 2 is 1.22 bits per heavy atom. The first-order valence-corrected chi connectivity index (χ1v) is 18.6. The van der Waals surface area contributed by atoms with Gasteiger partial charge in [-0.1, -0.05) is 58.4 Å². The number of alkyl halides is 6. The van der Waals surface area contributed by atoms with Crippen molar-refractivity contribution in [2.75, 3.05) is 21.3 Å². The normalized spacial score (nSPS) is 11.6. The van der Waals surface area contributed by atoms with E-state index >= 15 is 0 Å². The zero-order valence-corrected chi connectivity index (χ0v) is 31.8. The molecule has 20 heteroatoms. The molecule has 4 aromatic carbocycles. The zero-order chi connectivity index (χ0) is 41.0. The van der Waals surface area contributed by atoms with Gasteiger partial charge in [0.25, 0.3) is 12.4 Å². The third kappa shape index (κ3) is 10.1. The Bertz CT molecular complexity index is 2560. The van der Waals surface area contributed by atoms with Crippen molar-refractivity contribution in [1.82, 2.24) is 10.5 Å². The maximum atomic E-state index is 14.4. The van der Waals surface area contributed by atoms with Gasteiger partial charge in [-0.2, -0.15) is 37.7 Å². The lowest BCUT2D eigenvalue weighted by Crippen LogP contribution is -2.35. The average molecular weight is 886 g/mol. The van der Waals surface area contributed by atoms with Gasteiger partial charge in [-0.15, -0.1) is 0 Å². The molecular formula is C38H27BrF6N8O4S+2. The lowest BCUT2D eigenvalue weighted by Gasteiger charge is -2.18. The Hall–Kier alpha value is -6.54. The smallest absolute Gasteiger partial charge is 0.308 e. The van der Waals surface area contributed by atoms with E-state index in [1.165, 1.54) is 21.8 Å². The summed E-state index contributed by atoms with van der Waals surface area (Å²) in [6.45, 7) is 0.561. The van der Waals surface area contributed by atoms with Gasteiger partial charge in [0.15, 0.2) is 0 Å². The number of aromatic nitrogens is 4. The predicted octanol–water partition coefficient (Wildman–Crippen LogP) is 9.82. The number of benzene rings is 4. The molecule has 296 valence electrons. The second-order valence-electron chi connectivity index (χ2n) is 12.6. The van der Waals surface area contributed by atoms with Crippen LogP contribution in [0.5, 0.6) is 0 Å². The van der Waals surface area contributed by atoms with Crippen LogP contribution < -0.4 is 30.6 Å². The molecule has 3 aromatic heterocycles. The molecule has 0 atom stereocenters. The van der Waals surface area contributed by atoms with Crippen LogP contribution in [-0.2, 0) is 25.4 Å². The lowest BCUT2D eigenvalue weighted by molar-refractivity contribution is -0.754. The van der Waals surface area contributed by atoms with Gasteiger partial charge in [0, 0.05) is 27.0 Å². The Labute approximate surface area is 336 Å². The molecule has 0 aliphatic rings. The van der Waals surface area contributed by atoms with E-state index in [2.05, 4.69) is 47.7 Å². The number of carbonyl (C=O) groups is 2. The van der Waals surface area contributed by atoms with E-state index in [1.54, 1.807) is 11.3 Å². The quantitative estimate of drug-likeness (QED) is 0.0796. The Balaban J connectivity index is 1.04. The highest BCUT2D eigenvalue weighted by Gasteiger charge is 2.36. The number of nitrogens with one attached hydrogen (secondary N) is 4. The number of carbonyl (C=O) groups excluding carboxylic acids is 2. The van der Waals surface area contributed by atoms with Gasteiger partial charge in [0.2, 0.25) is 23.6 Å². The van der Waals surface area contributed by atoms with Crippen molar-refractivity contribution in [1.29, 1.82) is 0 Å². The molecule has 4 amide bonds. The summed E-state index contributed by atoms with van der Waals surface area (Å²) in [5.74, 6) is -0.275. The van der Waals surface area contributed by atoms with Gasteiger partial charge in [-0.25, -0.2) is 9.59 Å². The minimum absolute atomic E-state index is 0.117. The third-order valence-electron chi connectivity index (χ3n) is 8.32. The molecule has 0 spiro atoms. The largest absolute Gasteiger partial charge is 0.417 e. The summed E-state index contributed by atoms with van der Waals surface area (Å²) in [5.41, 5.74) is -0.835. The minimum Gasteiger partial charge on any atom is -0.308 e. The Morgan fingerprint density at radius 3 is 1.78 bits per heavy atom. The van der Waals surface area contributed by atoms with E-state index in [0.29, 0.717) is 24.7 Å². The average Bonchev–Trinajstić information content (AvgIpc) is 3.96. The van der Waals surface area contributed by atoms with Gasteiger partial charge in [0.1, 0.15) is 0 Å². The van der Waals surface area contributed by atoms with Crippen LogP contribution in [0.25, 0.3) is 22.3 Å². The van der Waals surface area contributed by atoms with E-state index in [9.17, 15) is 35.9 Å². The number of nitrogens with zero attached hydrogens (tertiary/aromatic N) is 4. The topological polar surface area (TPSA) is 142 Å². The zero-order valence-electron chi connectivity index (χ0n) is 29.4. The van der Waals surface area contributed by atoms with Crippen LogP contribution in [0, 0.1) is 0 Å². The standard InChI is InChI=1S/C38H25BrF6N8O4S/c39-28-7-3-23(4-8-28)18-53-19-33(56-51-53)48-35(54)46-29-9-10-31(32(16-29)38(43,44)45)26-13-27(37(40,41)42)15-30(14-26)47-36(55)49-34-20-52(50-57-34)17-22-1-5-24(6-2-22)25-11-12-58-21-25/h1-16,19-21H,17-18H2,(H2-2,46,47,48,49,50,51,54,55)/p+2. The van der Waals surface area contributed by atoms with Crippen LogP contribution in [0.3, 0.4) is 0 Å². The van der Waals surface area contributed by atoms with E-state index in [0.717, 1.165) is 44.9 Å². The third-order valence-corrected chi connectivity index (χ3v) is 9.53. The van der Waals surface area contributed by atoms with Gasteiger partial charge in [-0.3, -0.25) is 19.7 Å². The minimum atomic E-state index is -5.08. The molecule has 4 N–H and O–H groups in total. The van der Waals surface area contributed by atoms with Crippen molar-refractivity contribution < 1.29 is 54.3 Å². The second-order valence-corrected chi connectivity index (χ2v) is 14.3. The predicted molar refractivity (Wildman–Crippen MR) is 203 cm³/mol. The molecule has 0 radical (unpaired) electrons. The van der Waals surface area contributed by atoms with Crippen LogP contribution in [0.1, 0.15) is 22.3 Å². The monoisotopic (exact) mass is 884 g/mol. The highest BCUT2D eigenvalue weighted by atomic mass is 79.9. The van der Waals surface area contributed by atoms with Crippen molar-refractivity contribution in [3.05, 3.63) is 141 Å². The fourth-order valence-electron chi connectivity index (χ4n) is 5.69. The molecule has 58 heavy (non-hydrogen) atoms. The summed E-state index contributed by atoms with van der Waals surface area (Å²) in [7, 11) is 0. The molecule has 0 bridgehead atoms. The molecule has 0 fully saturated rings. The Morgan fingerprint density at radius 1 is 0.638 bits per heavy atom. The van der Waals surface area contributed by atoms with Crippen LogP contribution in [0.4, 0.5) is 59.1 Å². The van der Waals surface area contributed by atoms with Crippen LogP contribution in [0.2, 0.25) is 0 Å². The maximum Gasteiger partial charge on any atom is 0.417 e. The Kier molecular flexibility index (Phi) is 11.3. The van der Waals surface area contributed by atoms with Crippen LogP contribution in [0.15, 0.2) is 128 Å². The van der Waals surface area contributed by atoms with E-state index in [1.807, 2.05) is 65.4 Å². The number of urea groups is 2. The first kappa shape index (κ1) is 39.7. The van der Waals surface area contributed by atoms with Crippen molar-refractivity contribution in [2.24, 2.45) is 0 Å². The molecule has 7 aromatic rings. The van der Waals surface area contributed by atoms with E-state index in [4.69, 9.17) is 9.05 Å². The van der Waals surface area contributed by atoms with Crippen molar-refractivity contribution in [2.45, 2.75) is 25.4 Å². The molecule has 0 unspecified atom stereocenters.